The second kappa shape index (κ2) is 33.9. The van der Waals surface area contributed by atoms with Crippen LogP contribution in [0, 0.1) is 79.8 Å². The summed E-state index contributed by atoms with van der Waals surface area (Å²) < 4.78 is 45.8. The molecule has 6 aromatic rings. The number of hydrogen-bond acceptors (Lipinski definition) is 9. The molecule has 5 heterocycles. The molecule has 6 aromatic carbocycles. The van der Waals surface area contributed by atoms with Crippen molar-refractivity contribution in [1.82, 2.24) is 0 Å². The monoisotopic (exact) mass is 1440 g/mol. The Kier molecular flexibility index (Phi) is 24.9. The van der Waals surface area contributed by atoms with Gasteiger partial charge in [0.25, 0.3) is 0 Å². The number of hydrogen-bond donors (Lipinski definition) is 0. The highest BCUT2D eigenvalue weighted by Crippen LogP contribution is 2.62. The summed E-state index contributed by atoms with van der Waals surface area (Å²) in [5.41, 5.74) is 4.27. The molecule has 0 N–H and O–H groups in total. The number of fused-ring (bicyclic) bond motifs is 1. The minimum absolute atomic E-state index is 0.0500. The van der Waals surface area contributed by atoms with Crippen LogP contribution in [0.1, 0.15) is 144 Å². The molecule has 19 rings (SSSR count). The van der Waals surface area contributed by atoms with Crippen molar-refractivity contribution in [3.63, 3.8) is 0 Å². The van der Waals surface area contributed by atoms with Crippen molar-refractivity contribution in [3.8, 4) is 17.2 Å². The van der Waals surface area contributed by atoms with Crippen LogP contribution in [0.25, 0.3) is 10.8 Å². The number of benzene rings is 6. The molecule has 0 amide bonds. The summed E-state index contributed by atoms with van der Waals surface area (Å²) in [5.74, 6) is 19.3. The highest BCUT2D eigenvalue weighted by atomic mass is 32.2. The number of carbonyl (C=O) groups is 3. The minimum Gasteiger partial charge on any atom is -0.481 e. The Morgan fingerprint density at radius 1 is 0.424 bits per heavy atom. The molecule has 5 aliphatic heterocycles. The van der Waals surface area contributed by atoms with E-state index in [-0.39, 0.29) is 41.2 Å². The molecule has 8 saturated carbocycles. The predicted molar refractivity (Wildman–Crippen MR) is 409 cm³/mol. The van der Waals surface area contributed by atoms with Gasteiger partial charge in [0.05, 0.1) is 44.4 Å². The van der Waals surface area contributed by atoms with Crippen molar-refractivity contribution in [2.75, 3.05) is 97.7 Å². The molecule has 15 heteroatoms. The third-order valence-electron chi connectivity index (χ3n) is 23.1. The van der Waals surface area contributed by atoms with Crippen molar-refractivity contribution >= 4 is 83.2 Å². The highest BCUT2D eigenvalue weighted by Gasteiger charge is 2.57. The Morgan fingerprint density at radius 3 is 1.20 bits per heavy atom. The standard InChI is InChI=1S/C24H33O2S.C23H31O2S.C17H19O3S.C10H12FOS.C10H13OS/c1-16-8-21(27-6-4-3-5-7-27)9-17(2)22(16)26-23(25)24-13-18-10-19(14-24)12-20(11-18)15-24;1-15-7-20(26-5-3-4-6-26)8-16(2)21(15)25-22(24)23-12-17-9-18(13-23)11-19(10-17)14-23;1-19-17(18)12-20-15-8-9-16(21-10-4-5-11-21)14-7-3-2-6-13(14)15;11-9-1-3-10(4-2-9)13-7-5-12-6-8-13;1-2-4-10(5-3-1)12-8-6-11-7-9-12/h8-9,18-20H,3-7,10-15H2,1-2H3;7-8,17-19H,3-6,9-14H2,1-2H3;2-3,6-9H,4-5,10-12H2,1H3;1-4H,5-8H2;1-5H,6-9H2/q5*+1. The summed E-state index contributed by atoms with van der Waals surface area (Å²) in [5, 5.41) is 2.34. The lowest BCUT2D eigenvalue weighted by Gasteiger charge is -2.55. The zero-order chi connectivity index (χ0) is 68.5. The van der Waals surface area contributed by atoms with Gasteiger partial charge in [0.2, 0.25) is 0 Å². The van der Waals surface area contributed by atoms with Gasteiger partial charge in [0.1, 0.15) is 80.6 Å². The fourth-order valence-electron chi connectivity index (χ4n) is 19.0. The van der Waals surface area contributed by atoms with E-state index in [1.807, 2.05) is 24.3 Å². The van der Waals surface area contributed by atoms with Gasteiger partial charge >= 0.3 is 17.9 Å². The van der Waals surface area contributed by atoms with Gasteiger partial charge in [-0.15, -0.1) is 0 Å². The predicted octanol–water partition coefficient (Wildman–Crippen LogP) is 17.5. The Bertz CT molecular complexity index is 3580. The van der Waals surface area contributed by atoms with Gasteiger partial charge < -0.3 is 28.4 Å². The molecule has 13 fully saturated rings. The van der Waals surface area contributed by atoms with Gasteiger partial charge in [-0.3, -0.25) is 9.59 Å². The van der Waals surface area contributed by atoms with Gasteiger partial charge in [-0.05, 0) is 286 Å². The van der Waals surface area contributed by atoms with E-state index in [1.54, 1.807) is 0 Å². The van der Waals surface area contributed by atoms with Crippen molar-refractivity contribution < 1.29 is 47.2 Å². The fraction of sp³-hybridized carbons (Fsp3) is 0.560. The van der Waals surface area contributed by atoms with Crippen LogP contribution in [0.3, 0.4) is 0 Å². The van der Waals surface area contributed by atoms with E-state index >= 15 is 0 Å². The number of carbonyl (C=O) groups excluding carboxylic acids is 3. The maximum absolute atomic E-state index is 13.3. The summed E-state index contributed by atoms with van der Waals surface area (Å²) in [7, 11) is 3.31. The molecule has 13 aliphatic rings. The summed E-state index contributed by atoms with van der Waals surface area (Å²) in [6.45, 7) is 12.0. The topological polar surface area (TPSA) is 107 Å². The molecule has 99 heavy (non-hydrogen) atoms. The Hall–Kier alpha value is -4.61. The molecule has 0 unspecified atom stereocenters. The van der Waals surface area contributed by atoms with E-state index in [0.29, 0.717) is 54.5 Å². The first-order valence-electron chi connectivity index (χ1n) is 37.4. The smallest absolute Gasteiger partial charge is 0.343 e. The molecular weight excluding hydrogens is 1330 g/mol. The molecule has 0 radical (unpaired) electrons. The number of methoxy groups -OCH3 is 1. The normalized spacial score (nSPS) is 27.1. The van der Waals surface area contributed by atoms with E-state index in [9.17, 15) is 18.8 Å². The molecule has 0 spiro atoms. The molecule has 5 saturated heterocycles. The molecule has 0 atom stereocenters. The second-order valence-corrected chi connectivity index (χ2v) is 41.7. The first-order chi connectivity index (χ1) is 48.2. The van der Waals surface area contributed by atoms with Crippen LogP contribution in [0.5, 0.6) is 17.2 Å². The number of aryl methyl sites for hydroxylation is 4. The number of rotatable bonds is 12. The van der Waals surface area contributed by atoms with Crippen LogP contribution in [-0.4, -0.2) is 116 Å². The molecule has 9 nitrogen and oxygen atoms in total. The maximum Gasteiger partial charge on any atom is 0.343 e. The van der Waals surface area contributed by atoms with E-state index < -0.39 is 0 Å². The third kappa shape index (κ3) is 18.0. The van der Waals surface area contributed by atoms with Crippen LogP contribution >= 0.6 is 0 Å². The molecular formula is C84H108FO9S5+5. The summed E-state index contributed by atoms with van der Waals surface area (Å²) >= 11 is 0. The highest BCUT2D eigenvalue weighted by molar-refractivity contribution is 7.98. The molecule has 8 aliphatic carbocycles. The van der Waals surface area contributed by atoms with Gasteiger partial charge in [0.15, 0.2) is 31.1 Å². The Labute approximate surface area is 604 Å². The van der Waals surface area contributed by atoms with Gasteiger partial charge in [-0.2, -0.15) is 0 Å². The van der Waals surface area contributed by atoms with Crippen LogP contribution in [-0.2, 0) is 83.1 Å². The van der Waals surface area contributed by atoms with Crippen molar-refractivity contribution in [1.29, 1.82) is 0 Å². The lowest BCUT2D eigenvalue weighted by atomic mass is 9.49. The largest absolute Gasteiger partial charge is 0.481 e. The van der Waals surface area contributed by atoms with E-state index in [4.69, 9.17) is 23.7 Å². The zero-order valence-electron chi connectivity index (χ0n) is 59.6. The lowest BCUT2D eigenvalue weighted by Crippen LogP contribution is -2.51. The van der Waals surface area contributed by atoms with E-state index in [2.05, 4.69) is 111 Å². The van der Waals surface area contributed by atoms with Gasteiger partial charge in [-0.25, -0.2) is 9.18 Å². The van der Waals surface area contributed by atoms with Crippen LogP contribution in [0.15, 0.2) is 140 Å². The first-order valence-corrected chi connectivity index (χ1v) is 45.2. The molecule has 0 aromatic heterocycles. The average Bonchev–Trinajstić information content (AvgIpc) is 1.35. The van der Waals surface area contributed by atoms with Crippen molar-refractivity contribution in [3.05, 3.63) is 143 Å². The molecule has 8 bridgehead atoms. The lowest BCUT2D eigenvalue weighted by molar-refractivity contribution is -0.162. The summed E-state index contributed by atoms with van der Waals surface area (Å²) in [6, 6.07) is 39.3. The molecule has 530 valence electrons. The van der Waals surface area contributed by atoms with Gasteiger partial charge in [0, 0.05) is 65.2 Å². The van der Waals surface area contributed by atoms with E-state index in [1.165, 1.54) is 179 Å². The number of esters is 3. The Morgan fingerprint density at radius 2 is 0.788 bits per heavy atom. The summed E-state index contributed by atoms with van der Waals surface area (Å²) in [6.07, 6.45) is 24.2. The van der Waals surface area contributed by atoms with Crippen LogP contribution in [0.4, 0.5) is 4.39 Å². The quantitative estimate of drug-likeness (QED) is 0.0673. The number of halogens is 1. The zero-order valence-corrected chi connectivity index (χ0v) is 63.7. The van der Waals surface area contributed by atoms with Crippen molar-refractivity contribution in [2.24, 2.45) is 46.3 Å². The van der Waals surface area contributed by atoms with Crippen LogP contribution < -0.4 is 14.2 Å². The second-order valence-electron chi connectivity index (χ2n) is 30.4. The number of ether oxygens (including phenoxy) is 6. The van der Waals surface area contributed by atoms with E-state index in [0.717, 1.165) is 157 Å². The fourth-order valence-corrected chi connectivity index (χ4v) is 30.1. The van der Waals surface area contributed by atoms with Gasteiger partial charge in [-0.1, -0.05) is 36.4 Å². The minimum atomic E-state index is -0.360. The average molecular weight is 1440 g/mol. The van der Waals surface area contributed by atoms with Crippen molar-refractivity contribution in [2.45, 2.75) is 174 Å². The van der Waals surface area contributed by atoms with Crippen LogP contribution in [0.2, 0.25) is 0 Å². The summed E-state index contributed by atoms with van der Waals surface area (Å²) in [4.78, 5) is 45.1. The third-order valence-corrected chi connectivity index (χ3v) is 35.0. The maximum atomic E-state index is 13.3. The SMILES string of the molecule is COC(=O)COc1ccc([S+]2CCCC2)c2ccccc12.Cc1cc([S+]2CCCC2)cc(C)c1OC(=O)C12CC3CC(CC(C3)C1)C2.Cc1cc([S+]2CCCCC2)cc(C)c1OC(=O)C12CC3CC(CC(C3)C1)C2.Fc1ccc([S+]2CCOCC2)cc1.c1ccc([S+]2CCOCC2)cc1. The Balaban J connectivity index is 0.000000115. The first kappa shape index (κ1) is 72.7.